The first-order valence-corrected chi connectivity index (χ1v) is 6.72. The maximum Gasteiger partial charge on any atom is 0.0873 e. The Morgan fingerprint density at radius 1 is 1.43 bits per heavy atom. The van der Waals surface area contributed by atoms with Gasteiger partial charge in [-0.2, -0.15) is 11.8 Å². The summed E-state index contributed by atoms with van der Waals surface area (Å²) < 4.78 is 5.34. The van der Waals surface area contributed by atoms with Gasteiger partial charge in [0.05, 0.1) is 12.9 Å². The van der Waals surface area contributed by atoms with Crippen LogP contribution in [-0.4, -0.2) is 17.1 Å². The van der Waals surface area contributed by atoms with Crippen LogP contribution in [-0.2, 0) is 4.74 Å². The molecule has 2 heteroatoms. The molecule has 3 unspecified atom stereocenters. The normalized spacial score (nSPS) is 35.6. The van der Waals surface area contributed by atoms with Crippen LogP contribution in [0, 0.1) is 5.92 Å². The lowest BCUT2D eigenvalue weighted by atomic mass is 9.86. The minimum Gasteiger partial charge on any atom is -0.502 e. The second kappa shape index (κ2) is 5.11. The highest BCUT2D eigenvalue weighted by atomic mass is 32.2. The Morgan fingerprint density at radius 2 is 2.36 bits per heavy atom. The van der Waals surface area contributed by atoms with Gasteiger partial charge in [0.2, 0.25) is 0 Å². The van der Waals surface area contributed by atoms with Crippen molar-refractivity contribution in [3.05, 3.63) is 12.3 Å². The molecule has 2 heterocycles. The van der Waals surface area contributed by atoms with E-state index in [1.54, 1.807) is 6.26 Å². The Balaban J connectivity index is 1.58. The molecule has 14 heavy (non-hydrogen) atoms. The van der Waals surface area contributed by atoms with Gasteiger partial charge in [-0.25, -0.2) is 0 Å². The number of allylic oxidation sites excluding steroid dienone is 1. The van der Waals surface area contributed by atoms with Crippen LogP contribution in [0.4, 0.5) is 0 Å². The van der Waals surface area contributed by atoms with E-state index in [9.17, 15) is 0 Å². The minimum absolute atomic E-state index is 0.906. The van der Waals surface area contributed by atoms with Crippen LogP contribution < -0.4 is 0 Å². The molecule has 0 radical (unpaired) electrons. The molecule has 2 aliphatic rings. The van der Waals surface area contributed by atoms with Crippen LogP contribution in [0.3, 0.4) is 0 Å². The molecule has 2 aliphatic heterocycles. The van der Waals surface area contributed by atoms with E-state index in [0.29, 0.717) is 0 Å². The first kappa shape index (κ1) is 10.4. The van der Waals surface area contributed by atoms with Crippen molar-refractivity contribution >= 4 is 11.8 Å². The van der Waals surface area contributed by atoms with Gasteiger partial charge in [0.25, 0.3) is 0 Å². The highest BCUT2D eigenvalue weighted by molar-refractivity contribution is 8.01. The second-order valence-electron chi connectivity index (χ2n) is 4.35. The summed E-state index contributed by atoms with van der Waals surface area (Å²) in [6, 6.07) is 0. The highest BCUT2D eigenvalue weighted by Crippen LogP contribution is 2.50. The van der Waals surface area contributed by atoms with Crippen molar-refractivity contribution in [2.75, 3.05) is 6.61 Å². The molecule has 2 saturated heterocycles. The van der Waals surface area contributed by atoms with Gasteiger partial charge in [-0.3, -0.25) is 0 Å². The maximum absolute atomic E-state index is 5.34. The Labute approximate surface area is 91.3 Å². The van der Waals surface area contributed by atoms with Gasteiger partial charge in [-0.15, -0.1) is 0 Å². The number of fused-ring (bicyclic) bond motifs is 2. The molecule has 0 aromatic rings. The minimum atomic E-state index is 0.906. The summed E-state index contributed by atoms with van der Waals surface area (Å²) in [7, 11) is 0. The average molecular weight is 212 g/mol. The van der Waals surface area contributed by atoms with E-state index in [2.05, 4.69) is 11.8 Å². The molecule has 0 saturated carbocycles. The van der Waals surface area contributed by atoms with Crippen molar-refractivity contribution in [2.45, 2.75) is 49.5 Å². The summed E-state index contributed by atoms with van der Waals surface area (Å²) in [6.07, 6.45) is 10.8. The summed E-state index contributed by atoms with van der Waals surface area (Å²) >= 11 is 2.25. The Bertz CT molecular complexity index is 202. The van der Waals surface area contributed by atoms with Crippen molar-refractivity contribution in [3.63, 3.8) is 0 Å². The van der Waals surface area contributed by atoms with E-state index in [1.807, 2.05) is 13.0 Å². The summed E-state index contributed by atoms with van der Waals surface area (Å²) in [6.45, 7) is 2.90. The van der Waals surface area contributed by atoms with Crippen LogP contribution in [0.2, 0.25) is 0 Å². The largest absolute Gasteiger partial charge is 0.502 e. The van der Waals surface area contributed by atoms with Crippen molar-refractivity contribution in [1.29, 1.82) is 0 Å². The first-order chi connectivity index (χ1) is 6.90. The number of hydrogen-bond acceptors (Lipinski definition) is 2. The fourth-order valence-corrected chi connectivity index (χ4v) is 4.51. The SMILES string of the molecule is C/C=C/OCCCC1CC2CCC1S2. The van der Waals surface area contributed by atoms with E-state index in [-0.39, 0.29) is 0 Å². The van der Waals surface area contributed by atoms with Crippen LogP contribution in [0.1, 0.15) is 39.0 Å². The van der Waals surface area contributed by atoms with Gasteiger partial charge >= 0.3 is 0 Å². The zero-order chi connectivity index (χ0) is 9.80. The van der Waals surface area contributed by atoms with Crippen LogP contribution in [0.5, 0.6) is 0 Å². The van der Waals surface area contributed by atoms with Gasteiger partial charge in [0.1, 0.15) is 0 Å². The van der Waals surface area contributed by atoms with Crippen LogP contribution in [0.25, 0.3) is 0 Å². The molecule has 0 aromatic carbocycles. The maximum atomic E-state index is 5.34. The van der Waals surface area contributed by atoms with Gasteiger partial charge < -0.3 is 4.74 Å². The average Bonchev–Trinajstić information content (AvgIpc) is 2.79. The third-order valence-electron chi connectivity index (χ3n) is 3.30. The van der Waals surface area contributed by atoms with E-state index in [1.165, 1.54) is 32.1 Å². The summed E-state index contributed by atoms with van der Waals surface area (Å²) in [4.78, 5) is 0. The lowest BCUT2D eigenvalue weighted by Crippen LogP contribution is -2.15. The Morgan fingerprint density at radius 3 is 3.00 bits per heavy atom. The smallest absolute Gasteiger partial charge is 0.0873 e. The molecule has 1 nitrogen and oxygen atoms in total. The number of hydrogen-bond donors (Lipinski definition) is 0. The molecule has 0 aliphatic carbocycles. The van der Waals surface area contributed by atoms with Crippen molar-refractivity contribution in [2.24, 2.45) is 5.92 Å². The van der Waals surface area contributed by atoms with Gasteiger partial charge in [0, 0.05) is 10.5 Å². The van der Waals surface area contributed by atoms with Crippen molar-refractivity contribution in [3.8, 4) is 0 Å². The van der Waals surface area contributed by atoms with Crippen LogP contribution in [0.15, 0.2) is 12.3 Å². The fraction of sp³-hybridized carbons (Fsp3) is 0.833. The first-order valence-electron chi connectivity index (χ1n) is 5.78. The Hall–Kier alpha value is -0.110. The fourth-order valence-electron chi connectivity index (χ4n) is 2.64. The summed E-state index contributed by atoms with van der Waals surface area (Å²) in [5.41, 5.74) is 0. The van der Waals surface area contributed by atoms with Gasteiger partial charge in [-0.1, -0.05) is 6.08 Å². The summed E-state index contributed by atoms with van der Waals surface area (Å²) in [5, 5.41) is 2.02. The molecule has 2 fully saturated rings. The lowest BCUT2D eigenvalue weighted by Gasteiger charge is -2.19. The molecule has 0 aromatic heterocycles. The number of ether oxygens (including phenoxy) is 1. The number of rotatable bonds is 5. The molecule has 0 spiro atoms. The van der Waals surface area contributed by atoms with Crippen molar-refractivity contribution < 1.29 is 4.74 Å². The summed E-state index contributed by atoms with van der Waals surface area (Å²) in [5.74, 6) is 1.01. The second-order valence-corrected chi connectivity index (χ2v) is 5.90. The van der Waals surface area contributed by atoms with E-state index in [0.717, 1.165) is 23.0 Å². The van der Waals surface area contributed by atoms with Gasteiger partial charge in [-0.05, 0) is 44.9 Å². The molecular weight excluding hydrogens is 192 g/mol. The molecule has 2 rings (SSSR count). The number of thioether (sulfide) groups is 1. The quantitative estimate of drug-likeness (QED) is 0.508. The van der Waals surface area contributed by atoms with E-state index in [4.69, 9.17) is 4.74 Å². The molecule has 3 atom stereocenters. The predicted molar refractivity (Wildman–Crippen MR) is 62.5 cm³/mol. The topological polar surface area (TPSA) is 9.23 Å². The van der Waals surface area contributed by atoms with Gasteiger partial charge in [0.15, 0.2) is 0 Å². The third-order valence-corrected chi connectivity index (χ3v) is 5.08. The third kappa shape index (κ3) is 2.47. The molecular formula is C12H20OS. The monoisotopic (exact) mass is 212 g/mol. The lowest BCUT2D eigenvalue weighted by molar-refractivity contribution is 0.228. The molecule has 0 N–H and O–H groups in total. The Kier molecular flexibility index (Phi) is 3.80. The molecule has 0 amide bonds. The zero-order valence-electron chi connectivity index (χ0n) is 8.95. The van der Waals surface area contributed by atoms with E-state index < -0.39 is 0 Å². The molecule has 80 valence electrons. The standard InChI is InChI=1S/C12H20OS/c1-2-7-13-8-3-4-10-9-11-5-6-12(10)14-11/h2,7,10-12H,3-6,8-9H2,1H3/b7-2+. The zero-order valence-corrected chi connectivity index (χ0v) is 9.76. The van der Waals surface area contributed by atoms with E-state index >= 15 is 0 Å². The molecule has 2 bridgehead atoms. The highest BCUT2D eigenvalue weighted by Gasteiger charge is 2.39. The van der Waals surface area contributed by atoms with Crippen LogP contribution >= 0.6 is 11.8 Å². The van der Waals surface area contributed by atoms with Crippen molar-refractivity contribution in [1.82, 2.24) is 0 Å². The predicted octanol–water partition coefficient (Wildman–Crippen LogP) is 3.60.